The quantitative estimate of drug-likeness (QED) is 0.646. The summed E-state index contributed by atoms with van der Waals surface area (Å²) in [7, 11) is 3.79. The zero-order valence-electron chi connectivity index (χ0n) is 18.5. The van der Waals surface area contributed by atoms with Crippen LogP contribution in [0.1, 0.15) is 45.2 Å². The molecule has 0 aromatic heterocycles. The maximum Gasteiger partial charge on any atom is 0.410 e. The number of carbonyl (C=O) groups is 1. The second-order valence-corrected chi connectivity index (χ2v) is 8.04. The molecule has 1 aromatic carbocycles. The predicted molar refractivity (Wildman–Crippen MR) is 114 cm³/mol. The van der Waals surface area contributed by atoms with Crippen molar-refractivity contribution in [3.8, 4) is 11.5 Å². The van der Waals surface area contributed by atoms with Crippen molar-refractivity contribution in [2.24, 2.45) is 0 Å². The number of fused-ring (bicyclic) bond motifs is 3. The van der Waals surface area contributed by atoms with Gasteiger partial charge in [-0.3, -0.25) is 0 Å². The Bertz CT molecular complexity index is 774. The number of amides is 1. The highest BCUT2D eigenvalue weighted by Crippen LogP contribution is 2.53. The van der Waals surface area contributed by atoms with Gasteiger partial charge in [-0.05, 0) is 52.1 Å². The molecule has 0 N–H and O–H groups in total. The monoisotopic (exact) mass is 402 g/mol. The summed E-state index contributed by atoms with van der Waals surface area (Å²) in [6, 6.07) is 4.13. The van der Waals surface area contributed by atoms with Crippen molar-refractivity contribution in [1.29, 1.82) is 0 Å². The minimum atomic E-state index is -0.289. The van der Waals surface area contributed by atoms with E-state index in [0.717, 1.165) is 24.6 Å². The van der Waals surface area contributed by atoms with Crippen molar-refractivity contribution in [3.05, 3.63) is 35.4 Å². The molecule has 0 radical (unpaired) electrons. The maximum atomic E-state index is 12.4. The molecule has 6 nitrogen and oxygen atoms in total. The van der Waals surface area contributed by atoms with Crippen LogP contribution in [0.5, 0.6) is 11.5 Å². The van der Waals surface area contributed by atoms with E-state index in [4.69, 9.17) is 14.2 Å². The van der Waals surface area contributed by atoms with Gasteiger partial charge in [0.2, 0.25) is 0 Å². The lowest BCUT2D eigenvalue weighted by Gasteiger charge is -2.35. The zero-order chi connectivity index (χ0) is 21.2. The van der Waals surface area contributed by atoms with Crippen LogP contribution < -0.4 is 9.47 Å². The molecule has 1 heterocycles. The Morgan fingerprint density at radius 3 is 2.59 bits per heavy atom. The van der Waals surface area contributed by atoms with Crippen LogP contribution in [0.15, 0.2) is 24.3 Å². The Balaban J connectivity index is 1.89. The number of nitrogens with zero attached hydrogens (tertiary/aromatic N) is 2. The number of hydrogen-bond donors (Lipinski definition) is 0. The highest BCUT2D eigenvalue weighted by Gasteiger charge is 2.49. The third-order valence-electron chi connectivity index (χ3n) is 6.25. The molecule has 1 aliphatic carbocycles. The third kappa shape index (κ3) is 3.95. The molecule has 0 saturated heterocycles. The van der Waals surface area contributed by atoms with E-state index in [2.05, 4.69) is 37.9 Å². The number of benzene rings is 1. The largest absolute Gasteiger partial charge is 0.493 e. The lowest BCUT2D eigenvalue weighted by atomic mass is 9.72. The lowest BCUT2D eigenvalue weighted by Crippen LogP contribution is -2.42. The number of rotatable bonds is 7. The van der Waals surface area contributed by atoms with E-state index in [1.54, 1.807) is 12.0 Å². The molecular formula is C23H34N2O4. The fourth-order valence-electron chi connectivity index (χ4n) is 4.29. The van der Waals surface area contributed by atoms with Gasteiger partial charge in [0.15, 0.2) is 11.5 Å². The molecule has 0 saturated carbocycles. The van der Waals surface area contributed by atoms with Crippen LogP contribution in [0.2, 0.25) is 0 Å². The van der Waals surface area contributed by atoms with E-state index in [0.29, 0.717) is 19.5 Å². The molecule has 1 aliphatic heterocycles. The molecule has 29 heavy (non-hydrogen) atoms. The van der Waals surface area contributed by atoms with E-state index in [1.165, 1.54) is 11.1 Å². The number of methoxy groups -OCH3 is 1. The minimum absolute atomic E-state index is 0.0982. The average Bonchev–Trinajstić information content (AvgIpc) is 3.02. The van der Waals surface area contributed by atoms with Crippen LogP contribution in [-0.4, -0.2) is 61.9 Å². The van der Waals surface area contributed by atoms with Crippen LogP contribution in [0.25, 0.3) is 0 Å². The molecule has 0 unspecified atom stereocenters. The summed E-state index contributed by atoms with van der Waals surface area (Å²) < 4.78 is 17.7. The van der Waals surface area contributed by atoms with Crippen molar-refractivity contribution >= 4 is 6.09 Å². The molecule has 3 rings (SSSR count). The first-order valence-electron chi connectivity index (χ1n) is 10.6. The number of hydrogen-bond acceptors (Lipinski definition) is 5. The smallest absolute Gasteiger partial charge is 0.410 e. The molecule has 0 fully saturated rings. The second-order valence-electron chi connectivity index (χ2n) is 8.04. The summed E-state index contributed by atoms with van der Waals surface area (Å²) >= 11 is 0. The van der Waals surface area contributed by atoms with Crippen molar-refractivity contribution in [3.63, 3.8) is 0 Å². The standard InChI is InChI=1S/C23H34N2O4/c1-7-24(5)15-16-10-11-18(27-6)21-20(16)23(4)13-12-17(14-19(23)29-21)28-22(26)25(8-2)9-3/h10-13,17,19H,7-9,14-15H2,1-6H3/t17-,19-,23+/m0/s1. The maximum absolute atomic E-state index is 12.4. The first kappa shape index (κ1) is 21.5. The summed E-state index contributed by atoms with van der Waals surface area (Å²) in [6.07, 6.45) is 4.14. The van der Waals surface area contributed by atoms with Gasteiger partial charge in [-0.2, -0.15) is 0 Å². The van der Waals surface area contributed by atoms with Gasteiger partial charge in [0.05, 0.1) is 12.5 Å². The van der Waals surface area contributed by atoms with Crippen LogP contribution in [0.4, 0.5) is 4.79 Å². The van der Waals surface area contributed by atoms with Crippen LogP contribution in [-0.2, 0) is 16.7 Å². The molecule has 0 bridgehead atoms. The Hall–Kier alpha value is -2.21. The Morgan fingerprint density at radius 1 is 1.24 bits per heavy atom. The normalized spacial score (nSPS) is 24.7. The summed E-state index contributed by atoms with van der Waals surface area (Å²) in [4.78, 5) is 16.3. The molecule has 3 atom stereocenters. The Kier molecular flexibility index (Phi) is 6.42. The van der Waals surface area contributed by atoms with Gasteiger partial charge in [0, 0.05) is 31.6 Å². The summed E-state index contributed by atoms with van der Waals surface area (Å²) in [5.41, 5.74) is 2.16. The zero-order valence-corrected chi connectivity index (χ0v) is 18.5. The van der Waals surface area contributed by atoms with E-state index in [9.17, 15) is 4.79 Å². The van der Waals surface area contributed by atoms with Gasteiger partial charge < -0.3 is 24.0 Å². The van der Waals surface area contributed by atoms with Crippen molar-refractivity contribution in [2.75, 3.05) is 33.8 Å². The van der Waals surface area contributed by atoms with Gasteiger partial charge in [-0.25, -0.2) is 4.79 Å². The summed E-state index contributed by atoms with van der Waals surface area (Å²) in [6.45, 7) is 11.4. The first-order chi connectivity index (χ1) is 13.9. The predicted octanol–water partition coefficient (Wildman–Crippen LogP) is 3.97. The van der Waals surface area contributed by atoms with E-state index >= 15 is 0 Å². The van der Waals surface area contributed by atoms with E-state index in [1.807, 2.05) is 26.0 Å². The molecule has 6 heteroatoms. The molecule has 1 aromatic rings. The molecular weight excluding hydrogens is 368 g/mol. The third-order valence-corrected chi connectivity index (χ3v) is 6.25. The fraction of sp³-hybridized carbons (Fsp3) is 0.609. The molecule has 0 spiro atoms. The highest BCUT2D eigenvalue weighted by molar-refractivity contribution is 5.68. The minimum Gasteiger partial charge on any atom is -0.493 e. The van der Waals surface area contributed by atoms with Crippen molar-refractivity contribution in [1.82, 2.24) is 9.80 Å². The van der Waals surface area contributed by atoms with E-state index in [-0.39, 0.29) is 23.7 Å². The second kappa shape index (κ2) is 8.66. The Morgan fingerprint density at radius 2 is 1.97 bits per heavy atom. The lowest BCUT2D eigenvalue weighted by molar-refractivity contribution is 0.0474. The van der Waals surface area contributed by atoms with Crippen molar-refractivity contribution < 1.29 is 19.0 Å². The molecule has 2 aliphatic rings. The molecule has 1 amide bonds. The van der Waals surface area contributed by atoms with Crippen LogP contribution >= 0.6 is 0 Å². The van der Waals surface area contributed by atoms with Gasteiger partial charge in [-0.1, -0.05) is 19.1 Å². The van der Waals surface area contributed by atoms with E-state index < -0.39 is 0 Å². The Labute approximate surface area is 174 Å². The fourth-order valence-corrected chi connectivity index (χ4v) is 4.29. The first-order valence-corrected chi connectivity index (χ1v) is 10.6. The van der Waals surface area contributed by atoms with Gasteiger partial charge >= 0.3 is 6.09 Å². The SMILES string of the molecule is CCN(C)Cc1ccc(OC)c2c1[C@]1(C)C=C[C@H](OC(=O)N(CC)CC)C[C@@H]1O2. The van der Waals surface area contributed by atoms with Crippen molar-refractivity contribution in [2.45, 2.75) is 58.3 Å². The summed E-state index contributed by atoms with van der Waals surface area (Å²) in [5, 5.41) is 0. The van der Waals surface area contributed by atoms with Crippen LogP contribution in [0.3, 0.4) is 0 Å². The average molecular weight is 403 g/mol. The van der Waals surface area contributed by atoms with Gasteiger partial charge in [-0.15, -0.1) is 0 Å². The topological polar surface area (TPSA) is 51.2 Å². The molecule has 160 valence electrons. The van der Waals surface area contributed by atoms with Gasteiger partial charge in [0.1, 0.15) is 12.2 Å². The summed E-state index contributed by atoms with van der Waals surface area (Å²) in [5.74, 6) is 1.57. The van der Waals surface area contributed by atoms with Crippen LogP contribution in [0, 0.1) is 0 Å². The highest BCUT2D eigenvalue weighted by atomic mass is 16.6. The van der Waals surface area contributed by atoms with Gasteiger partial charge in [0.25, 0.3) is 0 Å². The number of carbonyl (C=O) groups excluding carboxylic acids is 1. The number of ether oxygens (including phenoxy) is 3.